The van der Waals surface area contributed by atoms with Gasteiger partial charge in [-0.3, -0.25) is 9.97 Å². The highest BCUT2D eigenvalue weighted by molar-refractivity contribution is 7.26. The molecule has 6 heteroatoms. The monoisotopic (exact) mass is 1260 g/mol. The van der Waals surface area contributed by atoms with E-state index in [1.807, 2.05) is 36.1 Å². The number of hydrogen-bond acceptors (Lipinski definition) is 6. The molecule has 0 spiro atoms. The minimum atomic E-state index is 1.08. The molecule has 0 saturated carbocycles. The molecule has 4 aromatic heterocycles. The molecule has 0 aliphatic heterocycles. The Hall–Kier alpha value is -12.1. The molecule has 0 bridgehead atoms. The Balaban J connectivity index is 0.610. The van der Waals surface area contributed by atoms with Gasteiger partial charge in [0.25, 0.3) is 0 Å². The Kier molecular flexibility index (Phi) is 14.2. The van der Waals surface area contributed by atoms with Gasteiger partial charge in [0.1, 0.15) is 0 Å². The molecule has 0 N–H and O–H groups in total. The van der Waals surface area contributed by atoms with Gasteiger partial charge in [-0.2, -0.15) is 0 Å². The number of nitrogens with zero attached hydrogens (tertiary/aromatic N) is 4. The molecule has 96 heavy (non-hydrogen) atoms. The zero-order chi connectivity index (χ0) is 63.5. The Morgan fingerprint density at radius 1 is 0.188 bits per heavy atom. The van der Waals surface area contributed by atoms with Crippen molar-refractivity contribution in [2.45, 2.75) is 0 Å². The third-order valence-electron chi connectivity index (χ3n) is 18.9. The Labute approximate surface area is 564 Å². The molecule has 0 atom stereocenters. The first-order valence-corrected chi connectivity index (χ1v) is 34.1. The van der Waals surface area contributed by atoms with E-state index in [-0.39, 0.29) is 0 Å². The first kappa shape index (κ1) is 56.7. The van der Waals surface area contributed by atoms with Crippen molar-refractivity contribution in [2.24, 2.45) is 0 Å². The summed E-state index contributed by atoms with van der Waals surface area (Å²) in [5, 5.41) is 9.87. The van der Waals surface area contributed by atoms with E-state index in [1.54, 1.807) is 11.3 Å². The van der Waals surface area contributed by atoms with Gasteiger partial charge in [-0.1, -0.05) is 206 Å². The van der Waals surface area contributed by atoms with Gasteiger partial charge in [0, 0.05) is 94.6 Å². The molecule has 0 saturated heterocycles. The highest BCUT2D eigenvalue weighted by atomic mass is 32.1. The molecular weight excluding hydrogens is 1200 g/mol. The molecule has 0 fully saturated rings. The van der Waals surface area contributed by atoms with Gasteiger partial charge in [0.2, 0.25) is 0 Å². The molecule has 0 aliphatic rings. The van der Waals surface area contributed by atoms with E-state index in [2.05, 4.69) is 347 Å². The van der Waals surface area contributed by atoms with Crippen LogP contribution in [0.1, 0.15) is 0 Å². The predicted octanol–water partition coefficient (Wildman–Crippen LogP) is 26.1. The summed E-state index contributed by atoms with van der Waals surface area (Å²) in [6.07, 6.45) is 7.70. The lowest BCUT2D eigenvalue weighted by atomic mass is 9.95. The summed E-state index contributed by atoms with van der Waals surface area (Å²) in [5.41, 5.74) is 23.1. The fourth-order valence-corrected chi connectivity index (χ4v) is 16.0. The van der Waals surface area contributed by atoms with Crippen LogP contribution >= 0.6 is 22.7 Å². The summed E-state index contributed by atoms with van der Waals surface area (Å²) >= 11 is 3.62. The number of pyridine rings is 2. The van der Waals surface area contributed by atoms with Crippen LogP contribution in [0.5, 0.6) is 0 Å². The van der Waals surface area contributed by atoms with E-state index in [0.717, 1.165) is 45.3 Å². The van der Waals surface area contributed by atoms with Gasteiger partial charge in [-0.05, 0) is 221 Å². The fourth-order valence-electron chi connectivity index (χ4n) is 13.8. The van der Waals surface area contributed by atoms with Gasteiger partial charge in [-0.15, -0.1) is 22.7 Å². The quantitative estimate of drug-likeness (QED) is 0.115. The number of fused-ring (bicyclic) bond motifs is 8. The molecule has 0 amide bonds. The lowest BCUT2D eigenvalue weighted by Crippen LogP contribution is -2.09. The number of hydrogen-bond donors (Lipinski definition) is 0. The minimum absolute atomic E-state index is 1.08. The van der Waals surface area contributed by atoms with Gasteiger partial charge >= 0.3 is 0 Å². The third-order valence-corrected chi connectivity index (χ3v) is 21.1. The maximum Gasteiger partial charge on any atom is 0.0538 e. The molecule has 4 nitrogen and oxygen atoms in total. The molecule has 0 aliphatic carbocycles. The van der Waals surface area contributed by atoms with E-state index in [1.165, 1.54) is 129 Å². The smallest absolute Gasteiger partial charge is 0.0538 e. The first-order chi connectivity index (χ1) is 47.5. The zero-order valence-corrected chi connectivity index (χ0v) is 53.7. The van der Waals surface area contributed by atoms with Crippen molar-refractivity contribution < 1.29 is 0 Å². The van der Waals surface area contributed by atoms with Crippen molar-refractivity contribution in [1.82, 2.24) is 9.97 Å². The van der Waals surface area contributed by atoms with Crippen LogP contribution in [0.4, 0.5) is 34.1 Å². The standard InChI is InChI=1S/C90H58N4S2/c1-2-7-59(8-3-1)61-19-33-77(34-20-61)93(81-41-27-65(28-42-81)75-31-45-83-85-47-49-92-58-90(85)96-88(83)55-75)79-39-25-64(26-40-79)71-15-16-74-54-72(17-18-73(74)53-71)69-12-6-11-68(51-69)62-21-35-78(36-22-62)94(80-37-23-63(24-38-80)70-14-13-60-9-4-5-10-67(60)52-70)82-43-29-66(30-44-82)76-32-46-84-86-57-91-50-48-87(86)95-89(84)56-76/h1-58H. The average molecular weight is 1260 g/mol. The minimum Gasteiger partial charge on any atom is -0.311 e. The highest BCUT2D eigenvalue weighted by Gasteiger charge is 2.18. The van der Waals surface area contributed by atoms with Gasteiger partial charge in [-0.25, -0.2) is 0 Å². The fraction of sp³-hybridized carbons (Fsp3) is 0. The molecule has 18 aromatic rings. The number of anilines is 6. The number of rotatable bonds is 13. The number of aromatic nitrogens is 2. The van der Waals surface area contributed by atoms with E-state index < -0.39 is 0 Å². The van der Waals surface area contributed by atoms with Crippen molar-refractivity contribution in [1.29, 1.82) is 0 Å². The second kappa shape index (κ2) is 24.1. The van der Waals surface area contributed by atoms with E-state index in [4.69, 9.17) is 0 Å². The van der Waals surface area contributed by atoms with Crippen LogP contribution in [0.3, 0.4) is 0 Å². The van der Waals surface area contributed by atoms with E-state index in [9.17, 15) is 0 Å². The average Bonchev–Trinajstić information content (AvgIpc) is 1.83. The predicted molar refractivity (Wildman–Crippen MR) is 410 cm³/mol. The molecule has 18 rings (SSSR count). The SMILES string of the molecule is c1ccc(-c2ccc(N(c3ccc(-c4ccc5cc(-c6cccc(-c7ccc(N(c8ccc(-c9ccc%10ccccc%10c9)cc8)c8ccc(-c9ccc%10c(c9)sc9ccncc9%10)cc8)cc7)c6)ccc5c4)cc3)c3ccc(-c4ccc5c(c4)sc4cnccc45)cc3)cc2)cc1. The Morgan fingerprint density at radius 2 is 0.500 bits per heavy atom. The van der Waals surface area contributed by atoms with Crippen LogP contribution in [-0.2, 0) is 0 Å². The summed E-state index contributed by atoms with van der Waals surface area (Å²) in [5.74, 6) is 0. The summed E-state index contributed by atoms with van der Waals surface area (Å²) in [4.78, 5) is 13.5. The first-order valence-electron chi connectivity index (χ1n) is 32.4. The maximum absolute atomic E-state index is 4.41. The summed E-state index contributed by atoms with van der Waals surface area (Å²) in [6, 6.07) is 120. The second-order valence-electron chi connectivity index (χ2n) is 24.6. The Bertz CT molecular complexity index is 5920. The molecule has 450 valence electrons. The van der Waals surface area contributed by atoms with Crippen LogP contribution in [0, 0.1) is 0 Å². The van der Waals surface area contributed by atoms with Crippen molar-refractivity contribution in [2.75, 3.05) is 9.80 Å². The largest absolute Gasteiger partial charge is 0.311 e. The number of benzene rings is 14. The van der Waals surface area contributed by atoms with Crippen LogP contribution in [0.25, 0.3) is 140 Å². The van der Waals surface area contributed by atoms with Crippen molar-refractivity contribution >= 4 is 119 Å². The van der Waals surface area contributed by atoms with Crippen LogP contribution in [0.2, 0.25) is 0 Å². The topological polar surface area (TPSA) is 32.3 Å². The van der Waals surface area contributed by atoms with Gasteiger partial charge < -0.3 is 9.80 Å². The van der Waals surface area contributed by atoms with Crippen molar-refractivity contribution in [3.05, 3.63) is 352 Å². The van der Waals surface area contributed by atoms with E-state index in [0.29, 0.717) is 0 Å². The van der Waals surface area contributed by atoms with Crippen molar-refractivity contribution in [3.8, 4) is 77.9 Å². The van der Waals surface area contributed by atoms with Gasteiger partial charge in [0.15, 0.2) is 0 Å². The molecule has 4 heterocycles. The van der Waals surface area contributed by atoms with Crippen LogP contribution in [0.15, 0.2) is 352 Å². The molecule has 0 unspecified atom stereocenters. The maximum atomic E-state index is 4.41. The Morgan fingerprint density at radius 3 is 1.00 bits per heavy atom. The third kappa shape index (κ3) is 10.7. The lowest BCUT2D eigenvalue weighted by Gasteiger charge is -2.26. The summed E-state index contributed by atoms with van der Waals surface area (Å²) in [6.45, 7) is 0. The number of thiophene rings is 2. The molecule has 0 radical (unpaired) electrons. The molecular formula is C90H58N4S2. The second-order valence-corrected chi connectivity index (χ2v) is 26.8. The summed E-state index contributed by atoms with van der Waals surface area (Å²) < 4.78 is 5.01. The summed E-state index contributed by atoms with van der Waals surface area (Å²) in [7, 11) is 0. The van der Waals surface area contributed by atoms with Crippen molar-refractivity contribution in [3.63, 3.8) is 0 Å². The lowest BCUT2D eigenvalue weighted by molar-refractivity contribution is 1.28. The molecule has 14 aromatic carbocycles. The normalized spacial score (nSPS) is 11.5. The van der Waals surface area contributed by atoms with Gasteiger partial charge in [0.05, 0.1) is 4.70 Å². The zero-order valence-electron chi connectivity index (χ0n) is 52.1. The highest BCUT2D eigenvalue weighted by Crippen LogP contribution is 2.44. The van der Waals surface area contributed by atoms with Crippen LogP contribution < -0.4 is 9.80 Å². The van der Waals surface area contributed by atoms with Crippen LogP contribution in [-0.4, -0.2) is 9.97 Å². The van der Waals surface area contributed by atoms with E-state index >= 15 is 0 Å².